The third kappa shape index (κ3) is 20.0. The summed E-state index contributed by atoms with van der Waals surface area (Å²) in [5.74, 6) is 0. The molecule has 23 heavy (non-hydrogen) atoms. The molecule has 0 rings (SSSR count). The molecule has 2 N–H and O–H groups in total. The first kappa shape index (κ1) is 25.3. The second-order valence-electron chi connectivity index (χ2n) is 5.67. The first-order chi connectivity index (χ1) is 11.1. The predicted octanol–water partition coefficient (Wildman–Crippen LogP) is 5.68. The van der Waals surface area contributed by atoms with Crippen molar-refractivity contribution in [3.8, 4) is 0 Å². The molecule has 0 aromatic rings. The maximum absolute atomic E-state index is 10.7. The van der Waals surface area contributed by atoms with Gasteiger partial charge in [0, 0.05) is 21.3 Å². The van der Waals surface area contributed by atoms with E-state index in [-0.39, 0.29) is 0 Å². The van der Waals surface area contributed by atoms with Crippen LogP contribution >= 0.6 is 7.82 Å². The summed E-state index contributed by atoms with van der Waals surface area (Å²) in [6.45, 7) is 3.15. The monoisotopic (exact) mass is 353 g/mol. The normalized spacial score (nSPS) is 11.2. The van der Waals surface area contributed by atoms with Gasteiger partial charge in [-0.3, -0.25) is 13.6 Å². The number of hydrogen-bond donors (Lipinski definition) is 1. The Hall–Kier alpha value is 0.0700. The van der Waals surface area contributed by atoms with Gasteiger partial charge in [-0.25, -0.2) is 4.57 Å². The molecule has 0 aliphatic rings. The first-order valence-corrected chi connectivity index (χ1v) is 10.5. The molecule has 0 aromatic heterocycles. The minimum atomic E-state index is -3.16. The van der Waals surface area contributed by atoms with Gasteiger partial charge in [0.15, 0.2) is 0 Å². The topological polar surface area (TPSA) is 70.8 Å². The van der Waals surface area contributed by atoms with E-state index in [4.69, 9.17) is 5.73 Å². The van der Waals surface area contributed by atoms with Gasteiger partial charge in [-0.1, -0.05) is 77.6 Å². The second kappa shape index (κ2) is 20.1. The Balaban J connectivity index is 0. The standard InChI is InChI=1S/C14H31N.C3H9O4P/c1-2-3-4-5-6-7-8-9-10-11-12-13-14-15;1-5-8(4,6-2)7-3/h2-15H2,1H3;1-3H3. The summed E-state index contributed by atoms with van der Waals surface area (Å²) in [7, 11) is 0.611. The molecule has 0 aromatic carbocycles. The van der Waals surface area contributed by atoms with Crippen LogP contribution in [0, 0.1) is 0 Å². The summed E-state index contributed by atoms with van der Waals surface area (Å²) in [5.41, 5.74) is 5.45. The van der Waals surface area contributed by atoms with Crippen molar-refractivity contribution in [1.82, 2.24) is 0 Å². The summed E-state index contributed by atoms with van der Waals surface area (Å²) in [6, 6.07) is 0. The fourth-order valence-corrected chi connectivity index (χ4v) is 2.66. The number of hydrogen-bond acceptors (Lipinski definition) is 5. The smallest absolute Gasteiger partial charge is 0.330 e. The molecular formula is C17H40NO4P. The third-order valence-electron chi connectivity index (χ3n) is 3.73. The van der Waals surface area contributed by atoms with Gasteiger partial charge in [-0.05, 0) is 13.0 Å². The SMILES string of the molecule is CCCCCCCCCCCCCCN.COP(=O)(OC)OC. The maximum atomic E-state index is 10.7. The van der Waals surface area contributed by atoms with Crippen molar-refractivity contribution in [2.45, 2.75) is 84.0 Å². The van der Waals surface area contributed by atoms with E-state index in [1.165, 1.54) is 98.4 Å². The molecule has 0 bridgehead atoms. The fourth-order valence-electron chi connectivity index (χ4n) is 2.21. The van der Waals surface area contributed by atoms with Crippen LogP contribution in [0.4, 0.5) is 0 Å². The van der Waals surface area contributed by atoms with Crippen LogP contribution in [0.5, 0.6) is 0 Å². The molecule has 6 heteroatoms. The van der Waals surface area contributed by atoms with Crippen LogP contribution in [0.3, 0.4) is 0 Å². The first-order valence-electron chi connectivity index (χ1n) is 9.07. The lowest BCUT2D eigenvalue weighted by molar-refractivity contribution is 0.178. The predicted molar refractivity (Wildman–Crippen MR) is 98.8 cm³/mol. The average Bonchev–Trinajstić information content (AvgIpc) is 2.59. The van der Waals surface area contributed by atoms with Crippen molar-refractivity contribution in [3.05, 3.63) is 0 Å². The summed E-state index contributed by atoms with van der Waals surface area (Å²) in [5, 5.41) is 0. The minimum absolute atomic E-state index is 0.872. The van der Waals surface area contributed by atoms with Gasteiger partial charge in [-0.2, -0.15) is 0 Å². The molecule has 0 heterocycles. The van der Waals surface area contributed by atoms with E-state index in [1.54, 1.807) is 0 Å². The number of rotatable bonds is 15. The summed E-state index contributed by atoms with van der Waals surface area (Å²) < 4.78 is 23.7. The summed E-state index contributed by atoms with van der Waals surface area (Å²) in [6.07, 6.45) is 16.9. The molecular weight excluding hydrogens is 313 g/mol. The van der Waals surface area contributed by atoms with Gasteiger partial charge in [0.1, 0.15) is 0 Å². The van der Waals surface area contributed by atoms with Gasteiger partial charge in [-0.15, -0.1) is 0 Å². The molecule has 0 atom stereocenters. The molecule has 0 saturated carbocycles. The highest BCUT2D eigenvalue weighted by atomic mass is 31.2. The highest BCUT2D eigenvalue weighted by molar-refractivity contribution is 7.48. The largest absolute Gasteiger partial charge is 0.473 e. The van der Waals surface area contributed by atoms with E-state index < -0.39 is 7.82 Å². The molecule has 0 unspecified atom stereocenters. The Morgan fingerprint density at radius 3 is 1.17 bits per heavy atom. The zero-order valence-electron chi connectivity index (χ0n) is 15.8. The molecule has 0 fully saturated rings. The van der Waals surface area contributed by atoms with Gasteiger partial charge < -0.3 is 5.73 Å². The zero-order chi connectivity index (χ0) is 17.8. The van der Waals surface area contributed by atoms with Crippen LogP contribution in [-0.4, -0.2) is 27.9 Å². The van der Waals surface area contributed by atoms with E-state index in [0.717, 1.165) is 6.54 Å². The van der Waals surface area contributed by atoms with E-state index in [9.17, 15) is 4.57 Å². The third-order valence-corrected chi connectivity index (χ3v) is 5.07. The van der Waals surface area contributed by atoms with Gasteiger partial charge in [0.05, 0.1) is 0 Å². The molecule has 5 nitrogen and oxygen atoms in total. The van der Waals surface area contributed by atoms with Crippen LogP contribution in [0.2, 0.25) is 0 Å². The Morgan fingerprint density at radius 2 is 0.957 bits per heavy atom. The molecule has 0 saturated heterocycles. The van der Waals surface area contributed by atoms with Gasteiger partial charge >= 0.3 is 7.82 Å². The van der Waals surface area contributed by atoms with Crippen LogP contribution < -0.4 is 5.73 Å². The number of phosphoric acid groups is 1. The van der Waals surface area contributed by atoms with E-state index >= 15 is 0 Å². The lowest BCUT2D eigenvalue weighted by atomic mass is 10.1. The Labute approximate surface area is 144 Å². The van der Waals surface area contributed by atoms with Crippen molar-refractivity contribution in [2.75, 3.05) is 27.9 Å². The van der Waals surface area contributed by atoms with E-state index in [1.807, 2.05) is 0 Å². The van der Waals surface area contributed by atoms with Gasteiger partial charge in [0.2, 0.25) is 0 Å². The molecule has 0 aliphatic carbocycles. The van der Waals surface area contributed by atoms with Crippen molar-refractivity contribution in [1.29, 1.82) is 0 Å². The number of unbranched alkanes of at least 4 members (excludes halogenated alkanes) is 11. The molecule has 0 amide bonds. The maximum Gasteiger partial charge on any atom is 0.473 e. The average molecular weight is 353 g/mol. The molecule has 0 aliphatic heterocycles. The van der Waals surface area contributed by atoms with Crippen molar-refractivity contribution >= 4 is 7.82 Å². The number of nitrogens with two attached hydrogens (primary N) is 1. The highest BCUT2D eigenvalue weighted by Gasteiger charge is 2.18. The number of phosphoric ester groups is 1. The van der Waals surface area contributed by atoms with Gasteiger partial charge in [0.25, 0.3) is 0 Å². The van der Waals surface area contributed by atoms with Crippen molar-refractivity contribution in [3.63, 3.8) is 0 Å². The van der Waals surface area contributed by atoms with Crippen molar-refractivity contribution < 1.29 is 18.1 Å². The second-order valence-corrected chi connectivity index (χ2v) is 7.66. The molecule has 142 valence electrons. The minimum Gasteiger partial charge on any atom is -0.330 e. The lowest BCUT2D eigenvalue weighted by Crippen LogP contribution is -1.97. The highest BCUT2D eigenvalue weighted by Crippen LogP contribution is 2.46. The van der Waals surface area contributed by atoms with Crippen LogP contribution in [0.25, 0.3) is 0 Å². The van der Waals surface area contributed by atoms with Crippen molar-refractivity contribution in [2.24, 2.45) is 5.73 Å². The Bertz CT molecular complexity index is 234. The molecule has 0 radical (unpaired) electrons. The Morgan fingerprint density at radius 1 is 0.652 bits per heavy atom. The zero-order valence-corrected chi connectivity index (χ0v) is 16.7. The van der Waals surface area contributed by atoms with Crippen LogP contribution in [-0.2, 0) is 18.1 Å². The van der Waals surface area contributed by atoms with Crippen LogP contribution in [0.1, 0.15) is 84.0 Å². The van der Waals surface area contributed by atoms with E-state index in [0.29, 0.717) is 0 Å². The molecule has 0 spiro atoms. The summed E-state index contributed by atoms with van der Waals surface area (Å²) in [4.78, 5) is 0. The lowest BCUT2D eigenvalue weighted by Gasteiger charge is -2.08. The van der Waals surface area contributed by atoms with Crippen LogP contribution in [0.15, 0.2) is 0 Å². The quantitative estimate of drug-likeness (QED) is 0.303. The van der Waals surface area contributed by atoms with E-state index in [2.05, 4.69) is 20.5 Å². The summed E-state index contributed by atoms with van der Waals surface area (Å²) >= 11 is 0. The Kier molecular flexibility index (Phi) is 22.1. The fraction of sp³-hybridized carbons (Fsp3) is 1.00.